The van der Waals surface area contributed by atoms with Crippen LogP contribution >= 0.6 is 0 Å². The second kappa shape index (κ2) is 13.4. The Hall–Kier alpha value is -4.62. The molecule has 4 aromatic heterocycles. The lowest BCUT2D eigenvalue weighted by Crippen LogP contribution is -2.27. The van der Waals surface area contributed by atoms with Crippen molar-refractivity contribution >= 4 is 5.69 Å². The quantitative estimate of drug-likeness (QED) is 0.221. The van der Waals surface area contributed by atoms with Crippen molar-refractivity contribution in [1.29, 1.82) is 0 Å². The molecule has 5 aromatic rings. The van der Waals surface area contributed by atoms with Crippen LogP contribution in [0.5, 0.6) is 5.75 Å². The number of hydrogen-bond donors (Lipinski definition) is 1. The number of aryl methyl sites for hydroxylation is 1. The van der Waals surface area contributed by atoms with Crippen molar-refractivity contribution < 1.29 is 5.11 Å². The van der Waals surface area contributed by atoms with Gasteiger partial charge in [-0.15, -0.1) is 0 Å². The van der Waals surface area contributed by atoms with Crippen molar-refractivity contribution in [1.82, 2.24) is 24.8 Å². The van der Waals surface area contributed by atoms with Crippen LogP contribution in [-0.4, -0.2) is 36.5 Å². The van der Waals surface area contributed by atoms with Gasteiger partial charge in [-0.2, -0.15) is 0 Å². The normalized spacial score (nSPS) is 11.1. The third kappa shape index (κ3) is 7.48. The van der Waals surface area contributed by atoms with E-state index in [4.69, 9.17) is 0 Å². The van der Waals surface area contributed by atoms with Crippen LogP contribution in [0.3, 0.4) is 0 Å². The summed E-state index contributed by atoms with van der Waals surface area (Å²) in [5, 5.41) is 11.6. The van der Waals surface area contributed by atoms with E-state index in [2.05, 4.69) is 42.7 Å². The number of aromatic hydroxyl groups is 1. The first-order chi connectivity index (χ1) is 19.6. The zero-order valence-electron chi connectivity index (χ0n) is 22.8. The van der Waals surface area contributed by atoms with Crippen molar-refractivity contribution in [2.75, 3.05) is 11.4 Å². The summed E-state index contributed by atoms with van der Waals surface area (Å²) in [7, 11) is 0. The van der Waals surface area contributed by atoms with Gasteiger partial charge in [0, 0.05) is 44.4 Å². The van der Waals surface area contributed by atoms with Gasteiger partial charge in [0.15, 0.2) is 0 Å². The molecule has 0 amide bonds. The summed E-state index contributed by atoms with van der Waals surface area (Å²) in [6.45, 7) is 5.32. The fourth-order valence-electron chi connectivity index (χ4n) is 4.80. The number of phenolic OH excluding ortho intramolecular Hbond substituents is 1. The van der Waals surface area contributed by atoms with Crippen LogP contribution in [0, 0.1) is 6.92 Å². The Morgan fingerprint density at radius 3 is 1.48 bits per heavy atom. The van der Waals surface area contributed by atoms with Crippen molar-refractivity contribution in [3.8, 4) is 5.75 Å². The minimum Gasteiger partial charge on any atom is -0.505 e. The summed E-state index contributed by atoms with van der Waals surface area (Å²) in [5.41, 5.74) is 6.65. The molecular formula is C33H34N6O. The Labute approximate surface area is 235 Å². The number of aromatic nitrogens is 4. The molecular weight excluding hydrogens is 496 g/mol. The number of anilines is 1. The molecule has 40 heavy (non-hydrogen) atoms. The average Bonchev–Trinajstić information content (AvgIpc) is 2.99. The second-order valence-corrected chi connectivity index (χ2v) is 9.89. The van der Waals surface area contributed by atoms with Crippen LogP contribution in [-0.2, 0) is 32.6 Å². The molecule has 0 saturated carbocycles. The lowest BCUT2D eigenvalue weighted by atomic mass is 10.0. The van der Waals surface area contributed by atoms with Gasteiger partial charge >= 0.3 is 0 Å². The van der Waals surface area contributed by atoms with Crippen LogP contribution < -0.4 is 4.90 Å². The van der Waals surface area contributed by atoms with E-state index in [9.17, 15) is 5.11 Å². The Morgan fingerprint density at radius 1 is 0.600 bits per heavy atom. The smallest absolute Gasteiger partial charge is 0.142 e. The highest BCUT2D eigenvalue weighted by Gasteiger charge is 2.18. The summed E-state index contributed by atoms with van der Waals surface area (Å²) in [4.78, 5) is 22.6. The number of nitrogens with zero attached hydrogens (tertiary/aromatic N) is 6. The molecule has 7 heteroatoms. The van der Waals surface area contributed by atoms with Gasteiger partial charge in [-0.3, -0.25) is 24.8 Å². The van der Waals surface area contributed by atoms with Crippen molar-refractivity contribution in [3.63, 3.8) is 0 Å². The van der Waals surface area contributed by atoms with Crippen LogP contribution in [0.2, 0.25) is 0 Å². The first kappa shape index (κ1) is 27.0. The molecule has 1 N–H and O–H groups in total. The molecule has 5 rings (SSSR count). The van der Waals surface area contributed by atoms with Crippen LogP contribution in [0.4, 0.5) is 5.69 Å². The third-order valence-corrected chi connectivity index (χ3v) is 6.73. The summed E-state index contributed by atoms with van der Waals surface area (Å²) >= 11 is 0. The van der Waals surface area contributed by atoms with Crippen LogP contribution in [0.15, 0.2) is 110 Å². The molecule has 1 aromatic carbocycles. The number of phenols is 1. The molecule has 0 unspecified atom stereocenters. The highest BCUT2D eigenvalue weighted by molar-refractivity contribution is 5.63. The highest BCUT2D eigenvalue weighted by Crippen LogP contribution is 2.35. The van der Waals surface area contributed by atoms with E-state index in [0.29, 0.717) is 38.3 Å². The first-order valence-corrected chi connectivity index (χ1v) is 13.5. The minimum atomic E-state index is 0.299. The molecule has 4 heterocycles. The molecule has 0 fully saturated rings. The van der Waals surface area contributed by atoms with Crippen molar-refractivity contribution in [2.45, 2.75) is 39.5 Å². The van der Waals surface area contributed by atoms with E-state index in [-0.39, 0.29) is 0 Å². The van der Waals surface area contributed by atoms with Gasteiger partial charge < -0.3 is 10.0 Å². The van der Waals surface area contributed by atoms with E-state index < -0.39 is 0 Å². The maximum absolute atomic E-state index is 11.6. The Balaban J connectivity index is 1.40. The fraction of sp³-hybridized carbons (Fsp3) is 0.212. The van der Waals surface area contributed by atoms with Crippen molar-refractivity contribution in [2.24, 2.45) is 0 Å². The number of hydrogen-bond acceptors (Lipinski definition) is 7. The topological polar surface area (TPSA) is 78.3 Å². The van der Waals surface area contributed by atoms with Crippen LogP contribution in [0.1, 0.15) is 33.9 Å². The molecule has 0 atom stereocenters. The van der Waals surface area contributed by atoms with E-state index in [0.717, 1.165) is 46.1 Å². The summed E-state index contributed by atoms with van der Waals surface area (Å²) < 4.78 is 0. The Morgan fingerprint density at radius 2 is 1.05 bits per heavy atom. The van der Waals surface area contributed by atoms with E-state index >= 15 is 0 Å². The third-order valence-electron chi connectivity index (χ3n) is 6.73. The standard InChI is InChI=1S/C33H34N6O/c1-26-20-27(14-19-38(22-28-10-2-6-15-34-28)23-29-11-3-7-16-35-29)33(40)32(21-26)39(24-30-12-4-8-17-36-30)25-31-13-5-9-18-37-31/h2-13,15-18,20-21,40H,14,19,22-25H2,1H3. The number of pyridine rings is 4. The molecule has 0 spiro atoms. The zero-order valence-corrected chi connectivity index (χ0v) is 22.8. The zero-order chi connectivity index (χ0) is 27.6. The van der Waals surface area contributed by atoms with Gasteiger partial charge in [-0.1, -0.05) is 30.3 Å². The average molecular weight is 531 g/mol. The first-order valence-electron chi connectivity index (χ1n) is 13.5. The molecule has 0 aliphatic heterocycles. The molecule has 7 nitrogen and oxygen atoms in total. The lowest BCUT2D eigenvalue weighted by Gasteiger charge is -2.27. The van der Waals surface area contributed by atoms with Crippen molar-refractivity contribution in [3.05, 3.63) is 144 Å². The maximum Gasteiger partial charge on any atom is 0.142 e. The van der Waals surface area contributed by atoms with Gasteiger partial charge in [0.2, 0.25) is 0 Å². The molecule has 0 bridgehead atoms. The molecule has 202 valence electrons. The molecule has 0 saturated heterocycles. The largest absolute Gasteiger partial charge is 0.505 e. The number of benzene rings is 1. The Bertz CT molecular complexity index is 1380. The van der Waals surface area contributed by atoms with E-state index in [1.165, 1.54) is 0 Å². The van der Waals surface area contributed by atoms with Gasteiger partial charge in [0.1, 0.15) is 5.75 Å². The van der Waals surface area contributed by atoms with Gasteiger partial charge in [-0.05, 0) is 79.1 Å². The molecule has 0 radical (unpaired) electrons. The molecule has 0 aliphatic carbocycles. The SMILES string of the molecule is Cc1cc(CCN(Cc2ccccn2)Cc2ccccn2)c(O)c(N(Cc2ccccn2)Cc2ccccn2)c1. The van der Waals surface area contributed by atoms with Crippen LogP contribution in [0.25, 0.3) is 0 Å². The Kier molecular flexibility index (Phi) is 9.06. The lowest BCUT2D eigenvalue weighted by molar-refractivity contribution is 0.253. The minimum absolute atomic E-state index is 0.299. The fourth-order valence-corrected chi connectivity index (χ4v) is 4.80. The molecule has 0 aliphatic rings. The van der Waals surface area contributed by atoms with E-state index in [1.807, 2.05) is 91.3 Å². The second-order valence-electron chi connectivity index (χ2n) is 9.89. The highest BCUT2D eigenvalue weighted by atomic mass is 16.3. The summed E-state index contributed by atoms with van der Waals surface area (Å²) in [6, 6.07) is 27.9. The summed E-state index contributed by atoms with van der Waals surface area (Å²) in [5.74, 6) is 0.299. The maximum atomic E-state index is 11.6. The predicted molar refractivity (Wildman–Crippen MR) is 157 cm³/mol. The number of rotatable bonds is 12. The van der Waals surface area contributed by atoms with Gasteiger partial charge in [-0.25, -0.2) is 0 Å². The summed E-state index contributed by atoms with van der Waals surface area (Å²) in [6.07, 6.45) is 7.93. The predicted octanol–water partition coefficient (Wildman–Crippen LogP) is 5.73. The monoisotopic (exact) mass is 530 g/mol. The van der Waals surface area contributed by atoms with Gasteiger partial charge in [0.25, 0.3) is 0 Å². The van der Waals surface area contributed by atoms with Gasteiger partial charge in [0.05, 0.1) is 41.6 Å². The van der Waals surface area contributed by atoms with E-state index in [1.54, 1.807) is 12.4 Å².